The molecule has 0 fully saturated rings. The van der Waals surface area contributed by atoms with E-state index in [0.717, 1.165) is 19.4 Å². The fourth-order valence-electron chi connectivity index (χ4n) is 1.14. The number of carbonyl (C=O) groups is 1. The average Bonchev–Trinajstić information content (AvgIpc) is 2.72. The van der Waals surface area contributed by atoms with Crippen LogP contribution in [0.1, 0.15) is 30.3 Å². The minimum atomic E-state index is -1.06. The number of anilines is 1. The van der Waals surface area contributed by atoms with Crippen molar-refractivity contribution >= 4 is 11.9 Å². The summed E-state index contributed by atoms with van der Waals surface area (Å²) >= 11 is 0. The Morgan fingerprint density at radius 2 is 2.31 bits per heavy atom. The first kappa shape index (κ1) is 12.6. The summed E-state index contributed by atoms with van der Waals surface area (Å²) in [7, 11) is 0. The van der Waals surface area contributed by atoms with Crippen molar-refractivity contribution < 1.29 is 19.1 Å². The SMILES string of the molecule is CCCCOCCNc1ccc(C(=O)O)o1. The summed E-state index contributed by atoms with van der Waals surface area (Å²) < 4.78 is 10.3. The van der Waals surface area contributed by atoms with E-state index in [9.17, 15) is 4.79 Å². The van der Waals surface area contributed by atoms with E-state index in [4.69, 9.17) is 14.3 Å². The molecule has 1 aromatic heterocycles. The second-order valence-corrected chi connectivity index (χ2v) is 3.36. The molecule has 0 unspecified atom stereocenters. The molecule has 0 aliphatic carbocycles. The normalized spacial score (nSPS) is 10.3. The van der Waals surface area contributed by atoms with Crippen molar-refractivity contribution in [3.8, 4) is 0 Å². The molecular weight excluding hydrogens is 210 g/mol. The third kappa shape index (κ3) is 4.35. The van der Waals surface area contributed by atoms with Gasteiger partial charge in [0, 0.05) is 19.2 Å². The van der Waals surface area contributed by atoms with Crippen molar-refractivity contribution in [1.29, 1.82) is 0 Å². The van der Waals surface area contributed by atoms with Crippen LogP contribution in [0.25, 0.3) is 0 Å². The topological polar surface area (TPSA) is 71.7 Å². The van der Waals surface area contributed by atoms with Crippen LogP contribution in [0.3, 0.4) is 0 Å². The maximum atomic E-state index is 10.5. The predicted octanol–water partition coefficient (Wildman–Crippen LogP) is 2.21. The second kappa shape index (κ2) is 6.90. The van der Waals surface area contributed by atoms with Crippen molar-refractivity contribution in [2.75, 3.05) is 25.1 Å². The first-order valence-corrected chi connectivity index (χ1v) is 5.38. The van der Waals surface area contributed by atoms with Gasteiger partial charge in [-0.15, -0.1) is 0 Å². The number of carboxylic acids is 1. The summed E-state index contributed by atoms with van der Waals surface area (Å²) in [5.74, 6) is -0.668. The van der Waals surface area contributed by atoms with Gasteiger partial charge in [-0.1, -0.05) is 13.3 Å². The van der Waals surface area contributed by atoms with E-state index in [2.05, 4.69) is 12.2 Å². The number of unbranched alkanes of at least 4 members (excludes halogenated alkanes) is 1. The van der Waals surface area contributed by atoms with Gasteiger partial charge in [0.15, 0.2) is 5.88 Å². The summed E-state index contributed by atoms with van der Waals surface area (Å²) in [5, 5.41) is 11.6. The molecule has 0 radical (unpaired) electrons. The summed E-state index contributed by atoms with van der Waals surface area (Å²) in [6.45, 7) is 4.06. The largest absolute Gasteiger partial charge is 0.475 e. The van der Waals surface area contributed by atoms with Gasteiger partial charge in [-0.2, -0.15) is 0 Å². The molecule has 0 atom stereocenters. The van der Waals surface area contributed by atoms with Crippen LogP contribution in [0.5, 0.6) is 0 Å². The maximum absolute atomic E-state index is 10.5. The predicted molar refractivity (Wildman–Crippen MR) is 59.9 cm³/mol. The number of nitrogens with one attached hydrogen (secondary N) is 1. The van der Waals surface area contributed by atoms with E-state index in [1.807, 2.05) is 0 Å². The second-order valence-electron chi connectivity index (χ2n) is 3.36. The highest BCUT2D eigenvalue weighted by Gasteiger charge is 2.07. The standard InChI is InChI=1S/C11H17NO4/c1-2-3-7-15-8-6-12-10-5-4-9(16-10)11(13)14/h4-5,12H,2-3,6-8H2,1H3,(H,13,14). The number of hydrogen-bond donors (Lipinski definition) is 2. The van der Waals surface area contributed by atoms with Crippen LogP contribution in [-0.4, -0.2) is 30.8 Å². The van der Waals surface area contributed by atoms with Gasteiger partial charge in [-0.05, 0) is 12.5 Å². The van der Waals surface area contributed by atoms with Gasteiger partial charge in [0.05, 0.1) is 6.61 Å². The van der Waals surface area contributed by atoms with Gasteiger partial charge in [0.1, 0.15) is 0 Å². The Kier molecular flexibility index (Phi) is 5.42. The number of ether oxygens (including phenoxy) is 1. The van der Waals surface area contributed by atoms with Crippen molar-refractivity contribution in [2.45, 2.75) is 19.8 Å². The molecule has 2 N–H and O–H groups in total. The number of furan rings is 1. The highest BCUT2D eigenvalue weighted by molar-refractivity contribution is 5.84. The zero-order valence-corrected chi connectivity index (χ0v) is 9.36. The van der Waals surface area contributed by atoms with E-state index >= 15 is 0 Å². The zero-order valence-electron chi connectivity index (χ0n) is 9.36. The van der Waals surface area contributed by atoms with E-state index < -0.39 is 5.97 Å². The molecule has 90 valence electrons. The molecule has 0 saturated heterocycles. The molecule has 0 amide bonds. The Labute approximate surface area is 94.4 Å². The smallest absolute Gasteiger partial charge is 0.371 e. The highest BCUT2D eigenvalue weighted by Crippen LogP contribution is 2.12. The summed E-state index contributed by atoms with van der Waals surface area (Å²) in [6, 6.07) is 3.01. The maximum Gasteiger partial charge on any atom is 0.371 e. The number of hydrogen-bond acceptors (Lipinski definition) is 4. The van der Waals surface area contributed by atoms with Gasteiger partial charge in [-0.25, -0.2) is 4.79 Å². The van der Waals surface area contributed by atoms with Crippen LogP contribution >= 0.6 is 0 Å². The lowest BCUT2D eigenvalue weighted by Gasteiger charge is -2.03. The first-order chi connectivity index (χ1) is 7.74. The van der Waals surface area contributed by atoms with Crippen LogP contribution in [0.4, 0.5) is 5.88 Å². The van der Waals surface area contributed by atoms with Crippen LogP contribution < -0.4 is 5.32 Å². The molecule has 5 nitrogen and oxygen atoms in total. The van der Waals surface area contributed by atoms with Gasteiger partial charge in [-0.3, -0.25) is 0 Å². The van der Waals surface area contributed by atoms with Gasteiger partial charge < -0.3 is 19.6 Å². The molecule has 0 bridgehead atoms. The number of carboxylic acid groups (broad SMARTS) is 1. The minimum Gasteiger partial charge on any atom is -0.475 e. The van der Waals surface area contributed by atoms with Gasteiger partial charge in [0.2, 0.25) is 5.76 Å². The Hall–Kier alpha value is -1.49. The summed E-state index contributed by atoms with van der Waals surface area (Å²) in [6.07, 6.45) is 2.18. The lowest BCUT2D eigenvalue weighted by molar-refractivity contribution is 0.0663. The molecule has 0 aromatic carbocycles. The molecule has 5 heteroatoms. The van der Waals surface area contributed by atoms with Crippen molar-refractivity contribution in [3.63, 3.8) is 0 Å². The lowest BCUT2D eigenvalue weighted by atomic mass is 10.4. The number of aromatic carboxylic acids is 1. The van der Waals surface area contributed by atoms with E-state index in [0.29, 0.717) is 19.0 Å². The monoisotopic (exact) mass is 227 g/mol. The van der Waals surface area contributed by atoms with Gasteiger partial charge >= 0.3 is 5.97 Å². The zero-order chi connectivity index (χ0) is 11.8. The third-order valence-electron chi connectivity index (χ3n) is 2.00. The highest BCUT2D eigenvalue weighted by atomic mass is 16.5. The van der Waals surface area contributed by atoms with E-state index in [1.165, 1.54) is 6.07 Å². The van der Waals surface area contributed by atoms with E-state index in [-0.39, 0.29) is 5.76 Å². The summed E-state index contributed by atoms with van der Waals surface area (Å²) in [5.41, 5.74) is 0. The molecule has 1 heterocycles. The molecule has 16 heavy (non-hydrogen) atoms. The first-order valence-electron chi connectivity index (χ1n) is 5.38. The van der Waals surface area contributed by atoms with Crippen LogP contribution in [0, 0.1) is 0 Å². The average molecular weight is 227 g/mol. The number of rotatable bonds is 8. The fraction of sp³-hybridized carbons (Fsp3) is 0.545. The lowest BCUT2D eigenvalue weighted by Crippen LogP contribution is -2.09. The van der Waals surface area contributed by atoms with Gasteiger partial charge in [0.25, 0.3) is 0 Å². The molecule has 0 aliphatic heterocycles. The van der Waals surface area contributed by atoms with Crippen molar-refractivity contribution in [1.82, 2.24) is 0 Å². The fourth-order valence-corrected chi connectivity index (χ4v) is 1.14. The van der Waals surface area contributed by atoms with Crippen LogP contribution in [0.2, 0.25) is 0 Å². The molecule has 1 rings (SSSR count). The van der Waals surface area contributed by atoms with Crippen molar-refractivity contribution in [2.24, 2.45) is 0 Å². The Balaban J connectivity index is 2.14. The Bertz CT molecular complexity index is 322. The van der Waals surface area contributed by atoms with E-state index in [1.54, 1.807) is 6.07 Å². The van der Waals surface area contributed by atoms with Crippen molar-refractivity contribution in [3.05, 3.63) is 17.9 Å². The Morgan fingerprint density at radius 1 is 1.50 bits per heavy atom. The molecule has 0 spiro atoms. The Morgan fingerprint density at radius 3 is 2.94 bits per heavy atom. The minimum absolute atomic E-state index is 0.0607. The molecule has 0 aliphatic rings. The van der Waals surface area contributed by atoms with Crippen LogP contribution in [-0.2, 0) is 4.74 Å². The van der Waals surface area contributed by atoms with Crippen LogP contribution in [0.15, 0.2) is 16.5 Å². The molecule has 0 saturated carbocycles. The summed E-state index contributed by atoms with van der Waals surface area (Å²) in [4.78, 5) is 10.5. The quantitative estimate of drug-likeness (QED) is 0.666. The molecule has 1 aromatic rings. The third-order valence-corrected chi connectivity index (χ3v) is 2.00. The molecular formula is C11H17NO4.